The van der Waals surface area contributed by atoms with Crippen LogP contribution in [0.1, 0.15) is 6.92 Å². The van der Waals surface area contributed by atoms with Crippen LogP contribution in [-0.4, -0.2) is 24.1 Å². The molecule has 0 unspecified atom stereocenters. The van der Waals surface area contributed by atoms with Gasteiger partial charge in [-0.1, -0.05) is 42.5 Å². The molecule has 0 radical (unpaired) electrons. The Hall–Kier alpha value is -3.93. The Morgan fingerprint density at radius 3 is 2.52 bits per heavy atom. The summed E-state index contributed by atoms with van der Waals surface area (Å²) >= 11 is 0. The predicted octanol–water partition coefficient (Wildman–Crippen LogP) is 5.46. The van der Waals surface area contributed by atoms with Crippen LogP contribution in [-0.2, 0) is 4.79 Å². The second-order valence-electron chi connectivity index (χ2n) is 6.80. The van der Waals surface area contributed by atoms with Crippen molar-refractivity contribution in [3.63, 3.8) is 0 Å². The standard InChI is InChI=1S/C25H21FN2O3/c1-2-30-23-11-7-6-10-21(23)28-25(29)16-31-24-15-22(17-8-4-3-5-9-17)27-20-13-12-18(26)14-19(20)24/h3-15H,2,16H2,1H3,(H,28,29). The van der Waals surface area contributed by atoms with E-state index < -0.39 is 5.82 Å². The van der Waals surface area contributed by atoms with E-state index in [1.807, 2.05) is 49.4 Å². The Morgan fingerprint density at radius 1 is 0.935 bits per heavy atom. The zero-order valence-corrected chi connectivity index (χ0v) is 17.0. The molecule has 31 heavy (non-hydrogen) atoms. The number of fused-ring (bicyclic) bond motifs is 1. The lowest BCUT2D eigenvalue weighted by molar-refractivity contribution is -0.118. The SMILES string of the molecule is CCOc1ccccc1NC(=O)COc1cc(-c2ccccc2)nc2ccc(F)cc12. The van der Waals surface area contributed by atoms with E-state index >= 15 is 0 Å². The van der Waals surface area contributed by atoms with Gasteiger partial charge in [0, 0.05) is 17.0 Å². The first-order chi connectivity index (χ1) is 15.1. The van der Waals surface area contributed by atoms with Gasteiger partial charge in [-0.05, 0) is 37.3 Å². The summed E-state index contributed by atoms with van der Waals surface area (Å²) in [5.74, 6) is 0.217. The highest BCUT2D eigenvalue weighted by Gasteiger charge is 2.13. The molecule has 5 nitrogen and oxygen atoms in total. The Balaban J connectivity index is 1.59. The van der Waals surface area contributed by atoms with Crippen LogP contribution in [0.4, 0.5) is 10.1 Å². The summed E-state index contributed by atoms with van der Waals surface area (Å²) in [6.07, 6.45) is 0. The number of hydrogen-bond donors (Lipinski definition) is 1. The summed E-state index contributed by atoms with van der Waals surface area (Å²) in [7, 11) is 0. The fourth-order valence-corrected chi connectivity index (χ4v) is 3.22. The molecule has 1 amide bonds. The van der Waals surface area contributed by atoms with Gasteiger partial charge in [-0.2, -0.15) is 0 Å². The van der Waals surface area contributed by atoms with Gasteiger partial charge in [0.15, 0.2) is 6.61 Å². The molecule has 1 N–H and O–H groups in total. The molecule has 0 bridgehead atoms. The molecule has 4 rings (SSSR count). The van der Waals surface area contributed by atoms with Crippen molar-refractivity contribution in [2.45, 2.75) is 6.92 Å². The molecule has 0 fully saturated rings. The van der Waals surface area contributed by atoms with E-state index in [0.717, 1.165) is 5.56 Å². The summed E-state index contributed by atoms with van der Waals surface area (Å²) in [6.45, 7) is 2.12. The number of hydrogen-bond acceptors (Lipinski definition) is 4. The molecule has 0 atom stereocenters. The van der Waals surface area contributed by atoms with Crippen molar-refractivity contribution in [2.24, 2.45) is 0 Å². The fraction of sp³-hybridized carbons (Fsp3) is 0.120. The molecule has 1 aromatic heterocycles. The third kappa shape index (κ3) is 4.80. The third-order valence-electron chi connectivity index (χ3n) is 4.62. The van der Waals surface area contributed by atoms with Crippen molar-refractivity contribution < 1.29 is 18.7 Å². The second-order valence-corrected chi connectivity index (χ2v) is 6.80. The first-order valence-corrected chi connectivity index (χ1v) is 9.94. The minimum absolute atomic E-state index is 0.246. The van der Waals surface area contributed by atoms with E-state index in [1.165, 1.54) is 12.1 Å². The molecule has 156 valence electrons. The number of carbonyl (C=O) groups excluding carboxylic acids is 1. The molecule has 0 aliphatic heterocycles. The van der Waals surface area contributed by atoms with Crippen LogP contribution in [0.5, 0.6) is 11.5 Å². The van der Waals surface area contributed by atoms with Gasteiger partial charge >= 0.3 is 0 Å². The number of nitrogens with one attached hydrogen (secondary N) is 1. The molecule has 1 heterocycles. The zero-order valence-electron chi connectivity index (χ0n) is 17.0. The van der Waals surface area contributed by atoms with E-state index in [0.29, 0.717) is 40.4 Å². The minimum atomic E-state index is -0.401. The smallest absolute Gasteiger partial charge is 0.262 e. The van der Waals surface area contributed by atoms with Crippen LogP contribution in [0.25, 0.3) is 22.2 Å². The summed E-state index contributed by atoms with van der Waals surface area (Å²) < 4.78 is 25.2. The molecule has 0 saturated carbocycles. The van der Waals surface area contributed by atoms with Crippen molar-refractivity contribution in [3.05, 3.63) is 84.7 Å². The van der Waals surface area contributed by atoms with Crippen molar-refractivity contribution in [1.82, 2.24) is 4.98 Å². The Kier molecular flexibility index (Phi) is 6.08. The Labute approximate surface area is 179 Å². The average Bonchev–Trinajstić information content (AvgIpc) is 2.79. The van der Waals surface area contributed by atoms with Crippen molar-refractivity contribution in [2.75, 3.05) is 18.5 Å². The number of amides is 1. The van der Waals surface area contributed by atoms with E-state index in [2.05, 4.69) is 10.3 Å². The molecule has 6 heteroatoms. The second kappa shape index (κ2) is 9.26. The lowest BCUT2D eigenvalue weighted by Crippen LogP contribution is -2.20. The van der Waals surface area contributed by atoms with Crippen LogP contribution in [0.15, 0.2) is 78.9 Å². The van der Waals surface area contributed by atoms with Gasteiger partial charge in [0.05, 0.1) is 23.5 Å². The molecular formula is C25H21FN2O3. The number of anilines is 1. The molecule has 0 saturated heterocycles. The summed E-state index contributed by atoms with van der Waals surface area (Å²) in [6, 6.07) is 22.8. The number of carbonyl (C=O) groups is 1. The quantitative estimate of drug-likeness (QED) is 0.435. The number of benzene rings is 3. The number of aromatic nitrogens is 1. The molecule has 0 aliphatic rings. The first-order valence-electron chi connectivity index (χ1n) is 9.94. The monoisotopic (exact) mass is 416 g/mol. The van der Waals surface area contributed by atoms with Gasteiger partial charge < -0.3 is 14.8 Å². The lowest BCUT2D eigenvalue weighted by Gasteiger charge is -2.13. The van der Waals surface area contributed by atoms with E-state index in [1.54, 1.807) is 24.3 Å². The fourth-order valence-electron chi connectivity index (χ4n) is 3.22. The number of ether oxygens (including phenoxy) is 2. The van der Waals surface area contributed by atoms with E-state index in [4.69, 9.17) is 9.47 Å². The Bertz CT molecular complexity index is 1210. The number of para-hydroxylation sites is 2. The number of pyridine rings is 1. The highest BCUT2D eigenvalue weighted by Crippen LogP contribution is 2.31. The Morgan fingerprint density at radius 2 is 1.71 bits per heavy atom. The third-order valence-corrected chi connectivity index (χ3v) is 4.62. The van der Waals surface area contributed by atoms with Crippen molar-refractivity contribution in [3.8, 4) is 22.8 Å². The highest BCUT2D eigenvalue weighted by molar-refractivity contribution is 5.94. The average molecular weight is 416 g/mol. The molecule has 0 spiro atoms. The highest BCUT2D eigenvalue weighted by atomic mass is 19.1. The largest absolute Gasteiger partial charge is 0.492 e. The lowest BCUT2D eigenvalue weighted by atomic mass is 10.1. The number of nitrogens with zero attached hydrogens (tertiary/aromatic N) is 1. The molecule has 4 aromatic rings. The van der Waals surface area contributed by atoms with E-state index in [9.17, 15) is 9.18 Å². The van der Waals surface area contributed by atoms with Gasteiger partial charge in [0.25, 0.3) is 5.91 Å². The van der Waals surface area contributed by atoms with Crippen LogP contribution in [0.3, 0.4) is 0 Å². The van der Waals surface area contributed by atoms with Gasteiger partial charge in [0.2, 0.25) is 0 Å². The molecular weight excluding hydrogens is 395 g/mol. The van der Waals surface area contributed by atoms with Crippen LogP contribution in [0.2, 0.25) is 0 Å². The van der Waals surface area contributed by atoms with Gasteiger partial charge in [0.1, 0.15) is 17.3 Å². The molecule has 3 aromatic carbocycles. The van der Waals surface area contributed by atoms with Gasteiger partial charge in [-0.3, -0.25) is 4.79 Å². The summed E-state index contributed by atoms with van der Waals surface area (Å²) in [5.41, 5.74) is 2.72. The summed E-state index contributed by atoms with van der Waals surface area (Å²) in [4.78, 5) is 17.1. The normalized spacial score (nSPS) is 10.6. The van der Waals surface area contributed by atoms with Gasteiger partial charge in [-0.25, -0.2) is 9.37 Å². The van der Waals surface area contributed by atoms with Crippen LogP contribution in [0, 0.1) is 5.82 Å². The first kappa shape index (κ1) is 20.3. The number of rotatable bonds is 7. The maximum Gasteiger partial charge on any atom is 0.262 e. The van der Waals surface area contributed by atoms with Crippen molar-refractivity contribution >= 4 is 22.5 Å². The summed E-state index contributed by atoms with van der Waals surface area (Å²) in [5, 5.41) is 3.29. The van der Waals surface area contributed by atoms with Gasteiger partial charge in [-0.15, -0.1) is 0 Å². The maximum atomic E-state index is 13.9. The maximum absolute atomic E-state index is 13.9. The topological polar surface area (TPSA) is 60.5 Å². The zero-order chi connectivity index (χ0) is 21.6. The van der Waals surface area contributed by atoms with Crippen molar-refractivity contribution in [1.29, 1.82) is 0 Å². The predicted molar refractivity (Wildman–Crippen MR) is 119 cm³/mol. The van der Waals surface area contributed by atoms with Crippen LogP contribution >= 0.6 is 0 Å². The molecule has 0 aliphatic carbocycles. The van der Waals surface area contributed by atoms with Crippen LogP contribution < -0.4 is 14.8 Å². The minimum Gasteiger partial charge on any atom is -0.492 e. The van der Waals surface area contributed by atoms with E-state index in [-0.39, 0.29) is 12.5 Å². The number of halogens is 1.